The van der Waals surface area contributed by atoms with Crippen LogP contribution >= 0.6 is 0 Å². The molecule has 0 fully saturated rings. The van der Waals surface area contributed by atoms with Gasteiger partial charge in [0.2, 0.25) is 0 Å². The van der Waals surface area contributed by atoms with E-state index in [0.29, 0.717) is 0 Å². The molecule has 0 unspecified atom stereocenters. The Hall–Kier alpha value is 0.623. The van der Waals surface area contributed by atoms with Crippen molar-refractivity contribution in [3.05, 3.63) is 5.92 Å². The second kappa shape index (κ2) is 8.62. The summed E-state index contributed by atoms with van der Waals surface area (Å²) in [5.41, 5.74) is 0. The fraction of sp³-hybridized carbons (Fsp3) is 0.875. The molecule has 0 N–H and O–H groups in total. The quantitative estimate of drug-likeness (QED) is 0.458. The van der Waals surface area contributed by atoms with E-state index in [2.05, 4.69) is 20.8 Å². The Morgan fingerprint density at radius 1 is 1.00 bits per heavy atom. The Kier molecular flexibility index (Phi) is 11.8. The van der Waals surface area contributed by atoms with E-state index >= 15 is 0 Å². The molecule has 0 aliphatic rings. The molecule has 1 heteroatoms. The molecule has 0 aromatic rings. The Balaban J connectivity index is 0. The van der Waals surface area contributed by atoms with Crippen LogP contribution in [0.5, 0.6) is 0 Å². The van der Waals surface area contributed by atoms with Crippen molar-refractivity contribution in [3.63, 3.8) is 0 Å². The van der Waals surface area contributed by atoms with Crippen molar-refractivity contribution in [2.75, 3.05) is 0 Å². The molecule has 0 aliphatic heterocycles. The van der Waals surface area contributed by atoms with Gasteiger partial charge < -0.3 is 5.92 Å². The van der Waals surface area contributed by atoms with Crippen molar-refractivity contribution in [2.24, 2.45) is 0 Å². The zero-order valence-electron chi connectivity index (χ0n) is 7.04. The maximum absolute atomic E-state index is 2.26. The number of rotatable bonds is 4. The monoisotopic (exact) mass is 177 g/mol. The summed E-state index contributed by atoms with van der Waals surface area (Å²) in [6, 6.07) is 0. The first kappa shape index (κ1) is 12.3. The fourth-order valence-electron chi connectivity index (χ4n) is 0.979. The topological polar surface area (TPSA) is 0 Å². The van der Waals surface area contributed by atoms with E-state index < -0.39 is 0 Å². The molecule has 0 heterocycles. The summed E-state index contributed by atoms with van der Waals surface area (Å²) in [5, 5.41) is 0. The first-order valence-corrected chi connectivity index (χ1v) is 3.62. The smallest absolute Gasteiger partial charge is 0.317 e. The Labute approximate surface area is 72.2 Å². The number of hydrogen-bond acceptors (Lipinski definition) is 0. The van der Waals surface area contributed by atoms with E-state index in [0.717, 1.165) is 0 Å². The molecule has 0 spiro atoms. The Bertz CT molecular complexity index is 37.8. The number of hydrogen-bond donors (Lipinski definition) is 0. The summed E-state index contributed by atoms with van der Waals surface area (Å²) in [7, 11) is 0. The molecule has 0 rings (SSSR count). The van der Waals surface area contributed by atoms with Crippen LogP contribution in [0, 0.1) is 5.92 Å². The largest absolute Gasteiger partial charge is 2.00 e. The molecule has 50 valence electrons. The van der Waals surface area contributed by atoms with Crippen molar-refractivity contribution >= 4 is 0 Å². The average molecular weight is 179 g/mol. The zero-order valence-corrected chi connectivity index (χ0v) is 10.0. The standard InChI is InChI=1S/C8H17.Zn/c1-4-6-8(3)7-5-2;/h4-7H2,1-3H3;/q-1;+2. The molecule has 0 aliphatic carbocycles. The molecular weight excluding hydrogens is 161 g/mol. The first-order valence-electron chi connectivity index (χ1n) is 3.62. The van der Waals surface area contributed by atoms with Crippen molar-refractivity contribution in [1.82, 2.24) is 0 Å². The van der Waals surface area contributed by atoms with Crippen LogP contribution in [-0.2, 0) is 19.5 Å². The fourth-order valence-corrected chi connectivity index (χ4v) is 0.979. The van der Waals surface area contributed by atoms with Crippen LogP contribution in [0.4, 0.5) is 0 Å². The molecule has 0 bridgehead atoms. The SMILES string of the molecule is CCC[C-](C)CCC.[Zn+2]. The van der Waals surface area contributed by atoms with E-state index in [1.54, 1.807) is 5.92 Å². The molecule has 0 radical (unpaired) electrons. The second-order valence-corrected chi connectivity index (χ2v) is 2.46. The Morgan fingerprint density at radius 2 is 1.33 bits per heavy atom. The third-order valence-corrected chi connectivity index (χ3v) is 1.35. The molecular formula is C8H17Zn+. The molecule has 0 aromatic heterocycles. The van der Waals surface area contributed by atoms with Crippen molar-refractivity contribution < 1.29 is 19.5 Å². The molecule has 0 saturated heterocycles. The maximum atomic E-state index is 2.26. The van der Waals surface area contributed by atoms with Crippen LogP contribution in [0.1, 0.15) is 46.5 Å². The average Bonchev–Trinajstić information content (AvgIpc) is 1.68. The third kappa shape index (κ3) is 8.62. The van der Waals surface area contributed by atoms with Crippen LogP contribution in [0.2, 0.25) is 0 Å². The van der Waals surface area contributed by atoms with Gasteiger partial charge in [0.05, 0.1) is 0 Å². The first-order chi connectivity index (χ1) is 3.81. The van der Waals surface area contributed by atoms with Crippen LogP contribution in [-0.4, -0.2) is 0 Å². The summed E-state index contributed by atoms with van der Waals surface area (Å²) in [5.74, 6) is 1.66. The van der Waals surface area contributed by atoms with Gasteiger partial charge in [-0.05, 0) is 0 Å². The zero-order chi connectivity index (χ0) is 6.41. The van der Waals surface area contributed by atoms with Gasteiger partial charge >= 0.3 is 19.5 Å². The normalized spacial score (nSPS) is 9.33. The summed E-state index contributed by atoms with van der Waals surface area (Å²) in [4.78, 5) is 0. The Morgan fingerprint density at radius 3 is 1.56 bits per heavy atom. The molecule has 9 heavy (non-hydrogen) atoms. The van der Waals surface area contributed by atoms with E-state index in [-0.39, 0.29) is 19.5 Å². The van der Waals surface area contributed by atoms with E-state index in [4.69, 9.17) is 0 Å². The minimum atomic E-state index is 0. The second-order valence-electron chi connectivity index (χ2n) is 2.46. The van der Waals surface area contributed by atoms with Crippen LogP contribution < -0.4 is 0 Å². The predicted octanol–water partition coefficient (Wildman–Crippen LogP) is 3.18. The van der Waals surface area contributed by atoms with Crippen molar-refractivity contribution in [3.8, 4) is 0 Å². The molecule has 0 atom stereocenters. The van der Waals surface area contributed by atoms with Gasteiger partial charge in [-0.2, -0.15) is 19.8 Å². The van der Waals surface area contributed by atoms with E-state index in [1.807, 2.05) is 0 Å². The van der Waals surface area contributed by atoms with Crippen LogP contribution in [0.15, 0.2) is 0 Å². The van der Waals surface area contributed by atoms with Gasteiger partial charge in [0, 0.05) is 0 Å². The van der Waals surface area contributed by atoms with E-state index in [9.17, 15) is 0 Å². The maximum Gasteiger partial charge on any atom is 2.00 e. The third-order valence-electron chi connectivity index (χ3n) is 1.35. The predicted molar refractivity (Wildman–Crippen MR) is 38.7 cm³/mol. The molecule has 0 amide bonds. The minimum absolute atomic E-state index is 0. The summed E-state index contributed by atoms with van der Waals surface area (Å²) in [6.45, 7) is 6.73. The van der Waals surface area contributed by atoms with Gasteiger partial charge in [-0.3, -0.25) is 0 Å². The van der Waals surface area contributed by atoms with Crippen LogP contribution in [0.25, 0.3) is 0 Å². The molecule has 0 nitrogen and oxygen atoms in total. The van der Waals surface area contributed by atoms with Gasteiger partial charge in [-0.15, -0.1) is 0 Å². The van der Waals surface area contributed by atoms with Crippen molar-refractivity contribution in [2.45, 2.75) is 46.5 Å². The van der Waals surface area contributed by atoms with Gasteiger partial charge in [0.25, 0.3) is 0 Å². The molecule has 0 aromatic carbocycles. The van der Waals surface area contributed by atoms with E-state index in [1.165, 1.54) is 25.7 Å². The van der Waals surface area contributed by atoms with Gasteiger partial charge in [-0.25, -0.2) is 0 Å². The van der Waals surface area contributed by atoms with Crippen molar-refractivity contribution in [1.29, 1.82) is 0 Å². The molecule has 0 saturated carbocycles. The summed E-state index contributed by atoms with van der Waals surface area (Å²) < 4.78 is 0. The van der Waals surface area contributed by atoms with Gasteiger partial charge in [0.1, 0.15) is 0 Å². The summed E-state index contributed by atoms with van der Waals surface area (Å²) in [6.07, 6.45) is 5.28. The van der Waals surface area contributed by atoms with Crippen LogP contribution in [0.3, 0.4) is 0 Å². The van der Waals surface area contributed by atoms with Gasteiger partial charge in [0.15, 0.2) is 0 Å². The van der Waals surface area contributed by atoms with Gasteiger partial charge in [-0.1, -0.05) is 26.7 Å². The minimum Gasteiger partial charge on any atom is -0.317 e. The summed E-state index contributed by atoms with van der Waals surface area (Å²) >= 11 is 0.